The van der Waals surface area contributed by atoms with Gasteiger partial charge in [0.25, 0.3) is 0 Å². The van der Waals surface area contributed by atoms with Crippen LogP contribution in [-0.4, -0.2) is 72.5 Å². The van der Waals surface area contributed by atoms with Gasteiger partial charge in [-0.15, -0.1) is 0 Å². The van der Waals surface area contributed by atoms with Gasteiger partial charge in [0.15, 0.2) is 11.9 Å². The van der Waals surface area contributed by atoms with E-state index >= 15 is 0 Å². The van der Waals surface area contributed by atoms with Gasteiger partial charge in [0.05, 0.1) is 38.4 Å². The summed E-state index contributed by atoms with van der Waals surface area (Å²) >= 11 is 0. The molecule has 3 rings (SSSR count). The highest BCUT2D eigenvalue weighted by atomic mass is 16.6. The number of nitrogens with zero attached hydrogens (tertiary/aromatic N) is 1. The molecule has 0 spiro atoms. The van der Waals surface area contributed by atoms with E-state index in [1.165, 1.54) is 6.08 Å². The van der Waals surface area contributed by atoms with E-state index in [1.807, 2.05) is 44.2 Å². The van der Waals surface area contributed by atoms with Gasteiger partial charge in [-0.3, -0.25) is 9.59 Å². The molecule has 9 nitrogen and oxygen atoms in total. The Morgan fingerprint density at radius 1 is 1.19 bits per heavy atom. The van der Waals surface area contributed by atoms with Crippen LogP contribution in [0.25, 0.3) is 0 Å². The first-order valence-corrected chi connectivity index (χ1v) is 12.2. The van der Waals surface area contributed by atoms with E-state index in [9.17, 15) is 19.5 Å². The van der Waals surface area contributed by atoms with Crippen LogP contribution in [0.3, 0.4) is 0 Å². The standard InChI is InChI=1S/C27H35NO8/c1-18(2)23-17-35-27(32)28(23)26(31)19(3)25-24(30)12-11-21(36-25)10-7-13-33-16-22(14-29)34-15-20-8-5-4-6-9-20/h4-6,8-12,18-19,22-23,25,29H,7,13-17H2,1-3H3/t19-,22+,23+,25-/m0/s1. The number of hydrogen-bond acceptors (Lipinski definition) is 8. The Bertz CT molecular complexity index is 958. The molecule has 0 saturated carbocycles. The Morgan fingerprint density at radius 2 is 1.94 bits per heavy atom. The van der Waals surface area contributed by atoms with Crippen LogP contribution in [0.5, 0.6) is 0 Å². The fourth-order valence-corrected chi connectivity index (χ4v) is 3.94. The van der Waals surface area contributed by atoms with Crippen molar-refractivity contribution in [1.29, 1.82) is 0 Å². The number of ether oxygens (including phenoxy) is 4. The minimum absolute atomic E-state index is 0.0279. The molecular formula is C27H35NO8. The van der Waals surface area contributed by atoms with Gasteiger partial charge in [0, 0.05) is 0 Å². The molecule has 0 radical (unpaired) electrons. The number of carbonyl (C=O) groups excluding carboxylic acids is 3. The first-order chi connectivity index (χ1) is 17.3. The summed E-state index contributed by atoms with van der Waals surface area (Å²) in [5, 5.41) is 9.52. The van der Waals surface area contributed by atoms with Gasteiger partial charge in [-0.25, -0.2) is 9.69 Å². The Hall–Kier alpha value is -3.01. The average molecular weight is 502 g/mol. The van der Waals surface area contributed by atoms with E-state index in [-0.39, 0.29) is 37.6 Å². The predicted molar refractivity (Wildman–Crippen MR) is 131 cm³/mol. The zero-order chi connectivity index (χ0) is 26.1. The van der Waals surface area contributed by atoms with Crippen molar-refractivity contribution in [3.63, 3.8) is 0 Å². The van der Waals surface area contributed by atoms with Crippen LogP contribution >= 0.6 is 0 Å². The van der Waals surface area contributed by atoms with Crippen molar-refractivity contribution in [3.8, 4) is 0 Å². The SMILES string of the molecule is CC(C)[C@H]1COC(=O)N1C(=O)[C@@H](C)[C@@H]1OC(=CCCOC[C@@H](CO)OCc2ccccc2)C=CC1=O. The number of rotatable bonds is 12. The molecule has 4 atom stereocenters. The number of amides is 2. The average Bonchev–Trinajstić information content (AvgIpc) is 3.28. The normalized spacial score (nSPS) is 22.6. The lowest BCUT2D eigenvalue weighted by Gasteiger charge is -2.30. The molecule has 0 aliphatic carbocycles. The van der Waals surface area contributed by atoms with Crippen LogP contribution < -0.4 is 0 Å². The van der Waals surface area contributed by atoms with E-state index < -0.39 is 30.1 Å². The third kappa shape index (κ3) is 7.25. The molecule has 2 heterocycles. The molecule has 196 valence electrons. The van der Waals surface area contributed by atoms with Crippen molar-refractivity contribution in [3.05, 3.63) is 59.9 Å². The fourth-order valence-electron chi connectivity index (χ4n) is 3.94. The summed E-state index contributed by atoms with van der Waals surface area (Å²) in [4.78, 5) is 38.8. The highest BCUT2D eigenvalue weighted by Gasteiger charge is 2.44. The van der Waals surface area contributed by atoms with Crippen molar-refractivity contribution in [2.75, 3.05) is 26.4 Å². The lowest BCUT2D eigenvalue weighted by atomic mass is 9.95. The summed E-state index contributed by atoms with van der Waals surface area (Å²) < 4.78 is 22.2. The molecule has 0 unspecified atom stereocenters. The Balaban J connectivity index is 1.47. The fraction of sp³-hybridized carbons (Fsp3) is 0.519. The maximum atomic E-state index is 13.1. The van der Waals surface area contributed by atoms with Gasteiger partial charge >= 0.3 is 6.09 Å². The molecule has 0 aromatic heterocycles. The van der Waals surface area contributed by atoms with Crippen LogP contribution in [0.2, 0.25) is 0 Å². The molecule has 2 aliphatic rings. The molecule has 1 saturated heterocycles. The third-order valence-corrected chi connectivity index (χ3v) is 6.16. The van der Waals surface area contributed by atoms with Gasteiger partial charge in [0.1, 0.15) is 18.5 Å². The van der Waals surface area contributed by atoms with E-state index in [2.05, 4.69) is 0 Å². The number of aliphatic hydroxyl groups is 1. The number of imide groups is 1. The maximum absolute atomic E-state index is 13.1. The van der Waals surface area contributed by atoms with Crippen molar-refractivity contribution >= 4 is 17.8 Å². The first-order valence-electron chi connectivity index (χ1n) is 12.2. The lowest BCUT2D eigenvalue weighted by Crippen LogP contribution is -2.48. The van der Waals surface area contributed by atoms with Crippen LogP contribution in [0.1, 0.15) is 32.8 Å². The van der Waals surface area contributed by atoms with Crippen LogP contribution in [0.4, 0.5) is 4.79 Å². The number of hydrogen-bond donors (Lipinski definition) is 1. The largest absolute Gasteiger partial charge is 0.482 e. The number of benzene rings is 1. The van der Waals surface area contributed by atoms with E-state index in [4.69, 9.17) is 18.9 Å². The van der Waals surface area contributed by atoms with Crippen molar-refractivity contribution in [2.45, 2.75) is 52.0 Å². The molecule has 1 aromatic carbocycles. The second-order valence-corrected chi connectivity index (χ2v) is 9.23. The molecule has 1 fully saturated rings. The summed E-state index contributed by atoms with van der Waals surface area (Å²) in [6.07, 6.45) is 3.04. The minimum Gasteiger partial charge on any atom is -0.482 e. The smallest absolute Gasteiger partial charge is 0.416 e. The Morgan fingerprint density at radius 3 is 2.64 bits per heavy atom. The molecule has 0 bridgehead atoms. The summed E-state index contributed by atoms with van der Waals surface area (Å²) in [6, 6.07) is 9.31. The molecule has 2 amide bonds. The van der Waals surface area contributed by atoms with E-state index in [0.29, 0.717) is 25.4 Å². The highest BCUT2D eigenvalue weighted by Crippen LogP contribution is 2.26. The summed E-state index contributed by atoms with van der Waals surface area (Å²) in [5.41, 5.74) is 1.01. The summed E-state index contributed by atoms with van der Waals surface area (Å²) in [6.45, 7) is 6.36. The monoisotopic (exact) mass is 501 g/mol. The number of allylic oxidation sites excluding steroid dienone is 1. The topological polar surface area (TPSA) is 112 Å². The van der Waals surface area contributed by atoms with E-state index in [0.717, 1.165) is 10.5 Å². The molecule has 1 aromatic rings. The van der Waals surface area contributed by atoms with E-state index in [1.54, 1.807) is 19.1 Å². The van der Waals surface area contributed by atoms with Crippen LogP contribution in [-0.2, 0) is 35.1 Å². The lowest BCUT2D eigenvalue weighted by molar-refractivity contribution is -0.143. The second-order valence-electron chi connectivity index (χ2n) is 9.23. The Labute approximate surface area is 211 Å². The van der Waals surface area contributed by atoms with Gasteiger partial charge in [-0.1, -0.05) is 44.2 Å². The van der Waals surface area contributed by atoms with Gasteiger partial charge in [-0.2, -0.15) is 0 Å². The second kappa shape index (κ2) is 13.3. The Kier molecular flexibility index (Phi) is 10.2. The molecule has 1 N–H and O–H groups in total. The van der Waals surface area contributed by atoms with Crippen molar-refractivity contribution < 1.29 is 38.4 Å². The quantitative estimate of drug-likeness (QED) is 0.435. The minimum atomic E-state index is -1.03. The molecule has 2 aliphatic heterocycles. The number of ketones is 1. The molecule has 9 heteroatoms. The number of carbonyl (C=O) groups is 3. The number of aliphatic hydroxyl groups excluding tert-OH is 1. The summed E-state index contributed by atoms with van der Waals surface area (Å²) in [7, 11) is 0. The van der Waals surface area contributed by atoms with Crippen molar-refractivity contribution in [1.82, 2.24) is 4.90 Å². The highest BCUT2D eigenvalue weighted by molar-refractivity contribution is 6.01. The van der Waals surface area contributed by atoms with Crippen LogP contribution in [0, 0.1) is 11.8 Å². The van der Waals surface area contributed by atoms with Gasteiger partial charge < -0.3 is 24.1 Å². The van der Waals surface area contributed by atoms with Crippen LogP contribution in [0.15, 0.2) is 54.3 Å². The van der Waals surface area contributed by atoms with Crippen molar-refractivity contribution in [2.24, 2.45) is 11.8 Å². The zero-order valence-corrected chi connectivity index (χ0v) is 21.0. The molecule has 36 heavy (non-hydrogen) atoms. The third-order valence-electron chi connectivity index (χ3n) is 6.16. The van der Waals surface area contributed by atoms with Gasteiger partial charge in [0.2, 0.25) is 5.91 Å². The summed E-state index contributed by atoms with van der Waals surface area (Å²) in [5.74, 6) is -1.20. The van der Waals surface area contributed by atoms with Gasteiger partial charge in [-0.05, 0) is 43.1 Å². The number of cyclic esters (lactones) is 1. The first kappa shape index (κ1) is 27.6. The zero-order valence-electron chi connectivity index (χ0n) is 21.0. The molecular weight excluding hydrogens is 466 g/mol. The predicted octanol–water partition coefficient (Wildman–Crippen LogP) is 3.02. The maximum Gasteiger partial charge on any atom is 0.416 e.